The molecule has 166 valence electrons. The fraction of sp³-hybridized carbons (Fsp3) is 0.524. The van der Waals surface area contributed by atoms with Crippen molar-refractivity contribution >= 4 is 44.3 Å². The zero-order chi connectivity index (χ0) is 22.0. The average Bonchev–Trinajstić information content (AvgIpc) is 3.54. The summed E-state index contributed by atoms with van der Waals surface area (Å²) in [5.74, 6) is 1.01. The summed E-state index contributed by atoms with van der Waals surface area (Å²) in [6, 6.07) is 7.42. The van der Waals surface area contributed by atoms with Gasteiger partial charge in [-0.15, -0.1) is 0 Å². The van der Waals surface area contributed by atoms with Crippen LogP contribution in [0.5, 0.6) is 0 Å². The maximum Gasteiger partial charge on any atom is 0.239 e. The number of nitrogens with one attached hydrogen (secondary N) is 1. The van der Waals surface area contributed by atoms with E-state index in [1.165, 1.54) is 16.7 Å². The number of hydrogen-bond donors (Lipinski definition) is 1. The summed E-state index contributed by atoms with van der Waals surface area (Å²) in [6.07, 6.45) is 2.62. The Morgan fingerprint density at radius 2 is 1.97 bits per heavy atom. The molecule has 4 rings (SSSR count). The van der Waals surface area contributed by atoms with Gasteiger partial charge < -0.3 is 10.2 Å². The van der Waals surface area contributed by atoms with E-state index in [9.17, 15) is 18.0 Å². The molecule has 1 unspecified atom stereocenters. The minimum atomic E-state index is -3.06. The lowest BCUT2D eigenvalue weighted by atomic mass is 10.2. The zero-order valence-electron chi connectivity index (χ0n) is 17.4. The van der Waals surface area contributed by atoms with E-state index < -0.39 is 9.84 Å². The molecule has 2 heterocycles. The van der Waals surface area contributed by atoms with E-state index in [0.29, 0.717) is 18.9 Å². The van der Waals surface area contributed by atoms with Crippen LogP contribution in [0.3, 0.4) is 0 Å². The first kappa shape index (κ1) is 22.0. The van der Waals surface area contributed by atoms with Gasteiger partial charge in [-0.05, 0) is 32.3 Å². The summed E-state index contributed by atoms with van der Waals surface area (Å²) >= 11 is 1.37. The van der Waals surface area contributed by atoms with Crippen LogP contribution in [-0.2, 0) is 19.4 Å². The number of aromatic nitrogens is 2. The second kappa shape index (κ2) is 9.12. The topological polar surface area (TPSA) is 109 Å². The summed E-state index contributed by atoms with van der Waals surface area (Å²) < 4.78 is 23.1. The van der Waals surface area contributed by atoms with Crippen LogP contribution in [-0.4, -0.2) is 71.5 Å². The SMILES string of the molecule is CCN(CC(=O)NC1CCS(=O)(=O)C1)C(=O)CSc1nc(C2CC2)nc2ccccc12. The Hall–Kier alpha value is -2.20. The van der Waals surface area contributed by atoms with Gasteiger partial charge in [0.2, 0.25) is 11.8 Å². The highest BCUT2D eigenvalue weighted by Gasteiger charge is 2.30. The molecule has 1 aliphatic heterocycles. The molecule has 31 heavy (non-hydrogen) atoms. The van der Waals surface area contributed by atoms with Crippen molar-refractivity contribution in [2.24, 2.45) is 0 Å². The lowest BCUT2D eigenvalue weighted by molar-refractivity contribution is -0.134. The number of carbonyl (C=O) groups is 2. The van der Waals surface area contributed by atoms with Crippen molar-refractivity contribution in [3.05, 3.63) is 30.1 Å². The summed E-state index contributed by atoms with van der Waals surface area (Å²) in [6.45, 7) is 2.14. The maximum atomic E-state index is 12.8. The predicted molar refractivity (Wildman–Crippen MR) is 120 cm³/mol. The summed E-state index contributed by atoms with van der Waals surface area (Å²) in [4.78, 5) is 36.0. The molecule has 1 saturated heterocycles. The molecule has 0 spiro atoms. The molecular weight excluding hydrogens is 436 g/mol. The molecule has 2 fully saturated rings. The normalized spacial score (nSPS) is 20.0. The molecule has 2 amide bonds. The number of nitrogens with zero attached hydrogens (tertiary/aromatic N) is 3. The van der Waals surface area contributed by atoms with Crippen molar-refractivity contribution in [3.8, 4) is 0 Å². The van der Waals surface area contributed by atoms with Crippen LogP contribution in [0.15, 0.2) is 29.3 Å². The van der Waals surface area contributed by atoms with E-state index in [4.69, 9.17) is 4.98 Å². The van der Waals surface area contributed by atoms with E-state index in [2.05, 4.69) is 10.3 Å². The fourth-order valence-corrected chi connectivity index (χ4v) is 6.25. The van der Waals surface area contributed by atoms with Gasteiger partial charge in [0, 0.05) is 23.9 Å². The van der Waals surface area contributed by atoms with E-state index >= 15 is 0 Å². The van der Waals surface area contributed by atoms with Gasteiger partial charge in [-0.3, -0.25) is 9.59 Å². The average molecular weight is 463 g/mol. The largest absolute Gasteiger partial charge is 0.351 e. The van der Waals surface area contributed by atoms with Crippen LogP contribution >= 0.6 is 11.8 Å². The van der Waals surface area contributed by atoms with Gasteiger partial charge >= 0.3 is 0 Å². The number of sulfone groups is 1. The number of benzene rings is 1. The number of para-hydroxylation sites is 1. The van der Waals surface area contributed by atoms with Gasteiger partial charge in [0.15, 0.2) is 9.84 Å². The van der Waals surface area contributed by atoms with Gasteiger partial charge in [-0.25, -0.2) is 18.4 Å². The molecule has 2 aliphatic rings. The van der Waals surface area contributed by atoms with Crippen molar-refractivity contribution in [1.82, 2.24) is 20.2 Å². The molecule has 1 aliphatic carbocycles. The third-order valence-corrected chi connectivity index (χ3v) is 8.27. The van der Waals surface area contributed by atoms with E-state index in [1.54, 1.807) is 0 Å². The molecule has 1 aromatic heterocycles. The van der Waals surface area contributed by atoms with Crippen LogP contribution < -0.4 is 5.32 Å². The van der Waals surface area contributed by atoms with Crippen LogP contribution in [0.1, 0.15) is 37.9 Å². The minimum absolute atomic E-state index is 0.0290. The van der Waals surface area contributed by atoms with Crippen LogP contribution in [0, 0.1) is 0 Å². The Morgan fingerprint density at radius 3 is 2.65 bits per heavy atom. The maximum absolute atomic E-state index is 12.8. The van der Waals surface area contributed by atoms with Crippen molar-refractivity contribution in [2.45, 2.75) is 43.2 Å². The van der Waals surface area contributed by atoms with Crippen molar-refractivity contribution in [2.75, 3.05) is 30.3 Å². The summed E-state index contributed by atoms with van der Waals surface area (Å²) in [5, 5.41) is 4.45. The van der Waals surface area contributed by atoms with Gasteiger partial charge in [0.25, 0.3) is 0 Å². The zero-order valence-corrected chi connectivity index (χ0v) is 19.0. The minimum Gasteiger partial charge on any atom is -0.351 e. The Bertz CT molecular complexity index is 1100. The first-order valence-corrected chi connectivity index (χ1v) is 13.3. The lowest BCUT2D eigenvalue weighted by Crippen LogP contribution is -2.45. The molecule has 1 N–H and O–H groups in total. The van der Waals surface area contributed by atoms with Crippen molar-refractivity contribution in [3.63, 3.8) is 0 Å². The summed E-state index contributed by atoms with van der Waals surface area (Å²) in [5.41, 5.74) is 0.882. The molecule has 1 aromatic carbocycles. The molecule has 10 heteroatoms. The number of rotatable bonds is 8. The molecule has 1 atom stereocenters. The number of thioether (sulfide) groups is 1. The Kier molecular flexibility index (Phi) is 6.47. The first-order valence-electron chi connectivity index (χ1n) is 10.5. The van der Waals surface area contributed by atoms with E-state index in [1.807, 2.05) is 31.2 Å². The molecule has 0 radical (unpaired) electrons. The molecule has 8 nitrogen and oxygen atoms in total. The van der Waals surface area contributed by atoms with Gasteiger partial charge in [0.05, 0.1) is 29.3 Å². The smallest absolute Gasteiger partial charge is 0.239 e. The molecule has 2 aromatic rings. The van der Waals surface area contributed by atoms with Gasteiger partial charge in [0.1, 0.15) is 10.9 Å². The Labute approximate surface area is 186 Å². The van der Waals surface area contributed by atoms with Crippen molar-refractivity contribution < 1.29 is 18.0 Å². The standard InChI is InChI=1S/C21H26N4O4S2/c1-2-25(11-18(26)22-15-9-10-31(28,29)13-15)19(27)12-30-21-16-5-3-4-6-17(16)23-20(24-21)14-7-8-14/h3-6,14-15H,2,7-13H2,1H3,(H,22,26). The highest BCUT2D eigenvalue weighted by atomic mass is 32.2. The highest BCUT2D eigenvalue weighted by Crippen LogP contribution is 2.39. The third kappa shape index (κ3) is 5.54. The molecular formula is C21H26N4O4S2. The number of amides is 2. The fourth-order valence-electron chi connectivity index (χ4n) is 3.65. The van der Waals surface area contributed by atoms with Gasteiger partial charge in [-0.1, -0.05) is 30.0 Å². The van der Waals surface area contributed by atoms with E-state index in [0.717, 1.165) is 34.6 Å². The number of hydrogen-bond acceptors (Lipinski definition) is 7. The molecule has 1 saturated carbocycles. The quantitative estimate of drug-likeness (QED) is 0.470. The Balaban J connectivity index is 1.37. The monoisotopic (exact) mass is 462 g/mol. The van der Waals surface area contributed by atoms with Crippen LogP contribution in [0.4, 0.5) is 0 Å². The molecule has 0 bridgehead atoms. The Morgan fingerprint density at radius 1 is 1.19 bits per heavy atom. The first-order chi connectivity index (χ1) is 14.8. The second-order valence-corrected chi connectivity index (χ2v) is 11.2. The van der Waals surface area contributed by atoms with Gasteiger partial charge in [-0.2, -0.15) is 0 Å². The highest BCUT2D eigenvalue weighted by molar-refractivity contribution is 8.00. The predicted octanol–water partition coefficient (Wildman–Crippen LogP) is 1.75. The summed E-state index contributed by atoms with van der Waals surface area (Å²) in [7, 11) is -3.06. The van der Waals surface area contributed by atoms with Crippen LogP contribution in [0.2, 0.25) is 0 Å². The third-order valence-electron chi connectivity index (χ3n) is 5.53. The lowest BCUT2D eigenvalue weighted by Gasteiger charge is -2.21. The van der Waals surface area contributed by atoms with E-state index in [-0.39, 0.29) is 41.7 Å². The second-order valence-electron chi connectivity index (χ2n) is 8.04. The number of likely N-dealkylation sites (N-methyl/N-ethyl adjacent to an activating group) is 1. The van der Waals surface area contributed by atoms with Crippen molar-refractivity contribution in [1.29, 1.82) is 0 Å². The number of carbonyl (C=O) groups excluding carboxylic acids is 2. The van der Waals surface area contributed by atoms with Crippen LogP contribution in [0.25, 0.3) is 10.9 Å². The number of fused-ring (bicyclic) bond motifs is 1.